The van der Waals surface area contributed by atoms with Crippen LogP contribution >= 0.6 is 0 Å². The monoisotopic (exact) mass is 646 g/mol. The van der Waals surface area contributed by atoms with Gasteiger partial charge in [-0.05, 0) is 69.8 Å². The molecule has 2 spiro atoms. The van der Waals surface area contributed by atoms with Crippen LogP contribution < -0.4 is 0 Å². The molecule has 2 unspecified atom stereocenters. The zero-order valence-corrected chi connectivity index (χ0v) is 27.5. The first kappa shape index (κ1) is 33.3. The van der Waals surface area contributed by atoms with Gasteiger partial charge in [-0.3, -0.25) is 0 Å². The average Bonchev–Trinajstić information content (AvgIpc) is 3.90. The lowest BCUT2D eigenvalue weighted by atomic mass is 9.93. The Balaban J connectivity index is 0.867. The van der Waals surface area contributed by atoms with Gasteiger partial charge in [0.15, 0.2) is 5.79 Å². The Morgan fingerprint density at radius 2 is 1.48 bits per heavy atom. The van der Waals surface area contributed by atoms with Crippen molar-refractivity contribution < 1.29 is 47.4 Å². The molecule has 6 fully saturated rings. The Morgan fingerprint density at radius 1 is 0.761 bits per heavy atom. The Bertz CT molecular complexity index is 1070. The van der Waals surface area contributed by atoms with Gasteiger partial charge in [-0.25, -0.2) is 0 Å². The lowest BCUT2D eigenvalue weighted by Crippen LogP contribution is -2.48. The summed E-state index contributed by atoms with van der Waals surface area (Å²) in [5.74, 6) is -1.47. The maximum atomic E-state index is 6.81. The minimum atomic E-state index is -0.847. The van der Waals surface area contributed by atoms with E-state index in [4.69, 9.17) is 47.4 Å². The summed E-state index contributed by atoms with van der Waals surface area (Å²) < 4.78 is 62.1. The van der Waals surface area contributed by atoms with Crippen molar-refractivity contribution in [3.8, 4) is 0 Å². The largest absolute Gasteiger partial charge is 0.377 e. The smallest absolute Gasteiger partial charge is 0.283 e. The van der Waals surface area contributed by atoms with Crippen molar-refractivity contribution >= 4 is 0 Å². The number of rotatable bonds is 13. The number of hydrogen-bond donors (Lipinski definition) is 0. The molecule has 6 aliphatic heterocycles. The van der Waals surface area contributed by atoms with E-state index in [9.17, 15) is 0 Å². The van der Waals surface area contributed by atoms with Crippen LogP contribution in [-0.4, -0.2) is 94.3 Å². The quantitative estimate of drug-likeness (QED) is 0.194. The van der Waals surface area contributed by atoms with Crippen LogP contribution in [-0.2, 0) is 54.0 Å². The first-order valence-electron chi connectivity index (χ1n) is 18.0. The summed E-state index contributed by atoms with van der Waals surface area (Å²) in [4.78, 5) is 0. The Labute approximate surface area is 273 Å². The van der Waals surface area contributed by atoms with Crippen molar-refractivity contribution in [2.45, 2.75) is 157 Å². The van der Waals surface area contributed by atoms with Crippen LogP contribution in [0.15, 0.2) is 30.3 Å². The second-order valence-electron chi connectivity index (χ2n) is 14.0. The lowest BCUT2D eigenvalue weighted by Gasteiger charge is -2.42. The maximum Gasteiger partial charge on any atom is 0.283 e. The third-order valence-electron chi connectivity index (χ3n) is 10.7. The molecule has 10 nitrogen and oxygen atoms in total. The van der Waals surface area contributed by atoms with Crippen LogP contribution in [0.5, 0.6) is 0 Å². The second-order valence-corrected chi connectivity index (χ2v) is 14.0. The number of methoxy groups -OCH3 is 1. The Morgan fingerprint density at radius 3 is 2.22 bits per heavy atom. The number of ether oxygens (including phenoxy) is 10. The van der Waals surface area contributed by atoms with Gasteiger partial charge >= 0.3 is 0 Å². The SMILES string of the molecule is COCO[C@H]1C[C@H](CCCCOCc2ccccc2)OC2(CCC([C@H]3CC[C@@H]([C@H]4CC[C@H]([C@@H]5CCCC6(OCCO6)O5)O4)O3)O2)C1. The van der Waals surface area contributed by atoms with Crippen molar-refractivity contribution in [3.63, 3.8) is 0 Å². The normalized spacial score (nSPS) is 39.2. The molecule has 0 N–H and O–H groups in total. The van der Waals surface area contributed by atoms with E-state index >= 15 is 0 Å². The Kier molecular flexibility index (Phi) is 11.3. The fourth-order valence-electron chi connectivity index (χ4n) is 8.44. The molecule has 258 valence electrons. The average molecular weight is 647 g/mol. The molecular weight excluding hydrogens is 592 g/mol. The summed E-state index contributed by atoms with van der Waals surface area (Å²) in [6.45, 7) is 2.88. The predicted octanol–water partition coefficient (Wildman–Crippen LogP) is 5.78. The number of hydrogen-bond acceptors (Lipinski definition) is 10. The molecule has 46 heavy (non-hydrogen) atoms. The highest BCUT2D eigenvalue weighted by atomic mass is 16.9. The molecule has 9 atom stereocenters. The van der Waals surface area contributed by atoms with E-state index in [0.29, 0.717) is 19.8 Å². The Hall–Kier alpha value is -1.18. The number of unbranched alkanes of at least 4 members (excludes halogenated alkanes) is 1. The molecule has 1 aromatic carbocycles. The van der Waals surface area contributed by atoms with Gasteiger partial charge in [0.1, 0.15) is 6.79 Å². The van der Waals surface area contributed by atoms with Crippen molar-refractivity contribution in [1.82, 2.24) is 0 Å². The first-order valence-corrected chi connectivity index (χ1v) is 18.0. The molecule has 6 saturated heterocycles. The zero-order chi connectivity index (χ0) is 31.2. The zero-order valence-electron chi connectivity index (χ0n) is 27.5. The van der Waals surface area contributed by atoms with Crippen molar-refractivity contribution in [2.24, 2.45) is 0 Å². The third kappa shape index (κ3) is 8.16. The summed E-state index contributed by atoms with van der Waals surface area (Å²) in [7, 11) is 1.67. The molecule has 0 amide bonds. The van der Waals surface area contributed by atoms with Crippen LogP contribution in [0.1, 0.15) is 95.5 Å². The van der Waals surface area contributed by atoms with Gasteiger partial charge in [0.25, 0.3) is 5.97 Å². The first-order chi connectivity index (χ1) is 22.6. The van der Waals surface area contributed by atoms with Gasteiger partial charge in [-0.15, -0.1) is 0 Å². The van der Waals surface area contributed by atoms with Crippen molar-refractivity contribution in [1.29, 1.82) is 0 Å². The van der Waals surface area contributed by atoms with Crippen LogP contribution in [0.2, 0.25) is 0 Å². The molecule has 10 heteroatoms. The van der Waals surface area contributed by atoms with Crippen LogP contribution in [0, 0.1) is 0 Å². The maximum absolute atomic E-state index is 6.81. The summed E-state index contributed by atoms with van der Waals surface area (Å²) in [6, 6.07) is 10.3. The summed E-state index contributed by atoms with van der Waals surface area (Å²) >= 11 is 0. The molecular formula is C36H54O10. The van der Waals surface area contributed by atoms with Gasteiger partial charge in [0.05, 0.1) is 68.7 Å². The molecule has 7 rings (SSSR count). The summed E-state index contributed by atoms with van der Waals surface area (Å²) in [5, 5.41) is 0. The van der Waals surface area contributed by atoms with E-state index in [0.717, 1.165) is 96.5 Å². The fraction of sp³-hybridized carbons (Fsp3) is 0.833. The van der Waals surface area contributed by atoms with E-state index < -0.39 is 11.8 Å². The van der Waals surface area contributed by atoms with Crippen LogP contribution in [0.3, 0.4) is 0 Å². The molecule has 0 aliphatic carbocycles. The van der Waals surface area contributed by atoms with Gasteiger partial charge in [0.2, 0.25) is 0 Å². The van der Waals surface area contributed by atoms with Gasteiger partial charge in [-0.1, -0.05) is 30.3 Å². The summed E-state index contributed by atoms with van der Waals surface area (Å²) in [5.41, 5.74) is 1.21. The number of benzene rings is 1. The predicted molar refractivity (Wildman–Crippen MR) is 167 cm³/mol. The van der Waals surface area contributed by atoms with Crippen LogP contribution in [0.25, 0.3) is 0 Å². The lowest BCUT2D eigenvalue weighted by molar-refractivity contribution is -0.373. The molecule has 6 aliphatic rings. The van der Waals surface area contributed by atoms with Crippen molar-refractivity contribution in [3.05, 3.63) is 35.9 Å². The summed E-state index contributed by atoms with van der Waals surface area (Å²) in [6.07, 6.45) is 13.6. The topological polar surface area (TPSA) is 92.3 Å². The third-order valence-corrected chi connectivity index (χ3v) is 10.7. The molecule has 0 aromatic heterocycles. The van der Waals surface area contributed by atoms with Gasteiger partial charge in [0, 0.05) is 39.4 Å². The highest BCUT2D eigenvalue weighted by molar-refractivity contribution is 5.13. The molecule has 0 bridgehead atoms. The molecule has 1 aromatic rings. The van der Waals surface area contributed by atoms with Crippen LogP contribution in [0.4, 0.5) is 0 Å². The highest BCUT2D eigenvalue weighted by Gasteiger charge is 2.52. The van der Waals surface area contributed by atoms with E-state index in [1.54, 1.807) is 7.11 Å². The second kappa shape index (κ2) is 15.6. The van der Waals surface area contributed by atoms with E-state index in [-0.39, 0.29) is 55.6 Å². The van der Waals surface area contributed by atoms with Gasteiger partial charge < -0.3 is 47.4 Å². The molecule has 0 radical (unpaired) electrons. The standard InChI is InChI=1S/C36H54O10/c1-37-25-39-28-22-27(10-5-6-19-38-24-26-8-3-2-4-9-26)44-35(23-28)18-16-34(45-35)32-15-13-30(43-32)29-12-14-31(42-29)33-11-7-17-36(46-33)40-20-21-41-36/h2-4,8-9,27-34H,5-7,10-25H2,1H3/t27-,28-,29+,30-,31+,32+,33-,34?,35?/m0/s1. The minimum absolute atomic E-state index is 0.0126. The van der Waals surface area contributed by atoms with E-state index in [2.05, 4.69) is 12.1 Å². The van der Waals surface area contributed by atoms with E-state index in [1.165, 1.54) is 5.56 Å². The molecule has 0 saturated carbocycles. The van der Waals surface area contributed by atoms with E-state index in [1.807, 2.05) is 18.2 Å². The highest BCUT2D eigenvalue weighted by Crippen LogP contribution is 2.46. The van der Waals surface area contributed by atoms with Gasteiger partial charge in [-0.2, -0.15) is 0 Å². The van der Waals surface area contributed by atoms with Crippen molar-refractivity contribution in [2.75, 3.05) is 33.7 Å². The fourth-order valence-corrected chi connectivity index (χ4v) is 8.44. The minimum Gasteiger partial charge on any atom is -0.377 e. The molecule has 6 heterocycles.